The molecule has 2 rings (SSSR count). The quantitative estimate of drug-likeness (QED) is 0.818. The lowest BCUT2D eigenvalue weighted by molar-refractivity contribution is -0.116. The van der Waals surface area contributed by atoms with Crippen LogP contribution in [0.5, 0.6) is 0 Å². The van der Waals surface area contributed by atoms with Crippen LogP contribution >= 0.6 is 22.6 Å². The lowest BCUT2D eigenvalue weighted by atomic mass is 10.1. The molecule has 0 unspecified atom stereocenters. The summed E-state index contributed by atoms with van der Waals surface area (Å²) in [6, 6.07) is 7.50. The van der Waals surface area contributed by atoms with Gasteiger partial charge in [-0.2, -0.15) is 0 Å². The van der Waals surface area contributed by atoms with Gasteiger partial charge in [-0.05, 0) is 59.2 Å². The second kappa shape index (κ2) is 5.56. The lowest BCUT2D eigenvalue weighted by Gasteiger charge is -2.08. The zero-order valence-electron chi connectivity index (χ0n) is 9.73. The molecule has 1 aromatic carbocycles. The Morgan fingerprint density at radius 3 is 2.56 bits per heavy atom. The minimum atomic E-state index is -2.90. The summed E-state index contributed by atoms with van der Waals surface area (Å²) in [4.78, 5) is 11.8. The molecule has 18 heavy (non-hydrogen) atoms. The number of hydrogen-bond acceptors (Lipinski definition) is 3. The van der Waals surface area contributed by atoms with Gasteiger partial charge >= 0.3 is 0 Å². The van der Waals surface area contributed by atoms with Crippen LogP contribution in [0.1, 0.15) is 12.8 Å². The minimum Gasteiger partial charge on any atom is -0.326 e. The van der Waals surface area contributed by atoms with E-state index >= 15 is 0 Å². The second-order valence-electron chi connectivity index (χ2n) is 4.53. The third-order valence-electron chi connectivity index (χ3n) is 2.93. The van der Waals surface area contributed by atoms with Crippen LogP contribution in [-0.2, 0) is 14.6 Å². The molecule has 0 spiro atoms. The smallest absolute Gasteiger partial charge is 0.224 e. The number of rotatable bonds is 3. The van der Waals surface area contributed by atoms with Crippen molar-refractivity contribution in [3.8, 4) is 0 Å². The molecular formula is C12H14INO3S. The normalized spacial score (nSPS) is 21.7. The van der Waals surface area contributed by atoms with Crippen molar-refractivity contribution in [2.24, 2.45) is 5.92 Å². The first-order valence-electron chi connectivity index (χ1n) is 5.70. The summed E-state index contributed by atoms with van der Waals surface area (Å²) in [5.41, 5.74) is 0.751. The van der Waals surface area contributed by atoms with Gasteiger partial charge in [0.1, 0.15) is 0 Å². The first-order valence-corrected chi connectivity index (χ1v) is 8.60. The SMILES string of the molecule is O=C(C[C@H]1CCS(=O)(=O)C1)Nc1ccc(I)cc1. The summed E-state index contributed by atoms with van der Waals surface area (Å²) < 4.78 is 23.7. The average Bonchev–Trinajstić information content (AvgIpc) is 2.61. The number of hydrogen-bond donors (Lipinski definition) is 1. The van der Waals surface area contributed by atoms with Crippen LogP contribution in [0.25, 0.3) is 0 Å². The predicted molar refractivity (Wildman–Crippen MR) is 79.2 cm³/mol. The largest absolute Gasteiger partial charge is 0.326 e. The summed E-state index contributed by atoms with van der Waals surface area (Å²) in [5, 5.41) is 2.79. The van der Waals surface area contributed by atoms with Crippen molar-refractivity contribution >= 4 is 44.0 Å². The highest BCUT2D eigenvalue weighted by atomic mass is 127. The molecule has 1 aromatic rings. The van der Waals surface area contributed by atoms with Gasteiger partial charge in [-0.1, -0.05) is 0 Å². The Morgan fingerprint density at radius 1 is 1.33 bits per heavy atom. The third-order valence-corrected chi connectivity index (χ3v) is 5.48. The molecule has 0 saturated carbocycles. The summed E-state index contributed by atoms with van der Waals surface area (Å²) in [5.74, 6) is 0.221. The zero-order chi connectivity index (χ0) is 13.2. The first kappa shape index (κ1) is 13.8. The van der Waals surface area contributed by atoms with Crippen molar-refractivity contribution in [1.82, 2.24) is 0 Å². The summed E-state index contributed by atoms with van der Waals surface area (Å²) in [7, 11) is -2.90. The van der Waals surface area contributed by atoms with Gasteiger partial charge in [-0.25, -0.2) is 8.42 Å². The number of carbonyl (C=O) groups is 1. The molecule has 1 atom stereocenters. The predicted octanol–water partition coefficient (Wildman–Crippen LogP) is 2.05. The van der Waals surface area contributed by atoms with E-state index in [4.69, 9.17) is 0 Å². The number of amides is 1. The molecule has 1 saturated heterocycles. The minimum absolute atomic E-state index is 0.0288. The van der Waals surface area contributed by atoms with Crippen LogP contribution in [0, 0.1) is 9.49 Å². The van der Waals surface area contributed by atoms with E-state index in [-0.39, 0.29) is 29.8 Å². The van der Waals surface area contributed by atoms with E-state index in [0.29, 0.717) is 6.42 Å². The lowest BCUT2D eigenvalue weighted by Crippen LogP contribution is -2.17. The second-order valence-corrected chi connectivity index (χ2v) is 8.00. The standard InChI is InChI=1S/C12H14INO3S/c13-10-1-3-11(4-2-10)14-12(15)7-9-5-6-18(16,17)8-9/h1-4,9H,5-8H2,(H,14,15)/t9-/m1/s1. The Bertz CT molecular complexity index is 539. The number of sulfone groups is 1. The fourth-order valence-electron chi connectivity index (χ4n) is 2.04. The first-order chi connectivity index (χ1) is 8.44. The Morgan fingerprint density at radius 2 is 2.00 bits per heavy atom. The Balaban J connectivity index is 1.88. The Kier molecular flexibility index (Phi) is 4.26. The van der Waals surface area contributed by atoms with Gasteiger partial charge in [-0.15, -0.1) is 0 Å². The number of anilines is 1. The van der Waals surface area contributed by atoms with E-state index in [0.717, 1.165) is 9.26 Å². The number of nitrogens with one attached hydrogen (secondary N) is 1. The van der Waals surface area contributed by atoms with E-state index in [9.17, 15) is 13.2 Å². The summed E-state index contributed by atoms with van der Waals surface area (Å²) in [6.45, 7) is 0. The topological polar surface area (TPSA) is 63.2 Å². The van der Waals surface area contributed by atoms with Crippen molar-refractivity contribution in [3.63, 3.8) is 0 Å². The molecule has 1 heterocycles. The molecule has 0 bridgehead atoms. The fraction of sp³-hybridized carbons (Fsp3) is 0.417. The monoisotopic (exact) mass is 379 g/mol. The van der Waals surface area contributed by atoms with E-state index in [1.807, 2.05) is 24.3 Å². The van der Waals surface area contributed by atoms with Gasteiger partial charge in [0.05, 0.1) is 11.5 Å². The van der Waals surface area contributed by atoms with Gasteiger partial charge < -0.3 is 5.32 Å². The highest BCUT2D eigenvalue weighted by Gasteiger charge is 2.29. The molecule has 0 aliphatic carbocycles. The van der Waals surface area contributed by atoms with Gasteiger partial charge in [0.2, 0.25) is 5.91 Å². The Hall–Kier alpha value is -0.630. The van der Waals surface area contributed by atoms with Gasteiger partial charge in [0.25, 0.3) is 0 Å². The van der Waals surface area contributed by atoms with Gasteiger partial charge in [-0.3, -0.25) is 4.79 Å². The fourth-order valence-corrected chi connectivity index (χ4v) is 4.26. The number of carbonyl (C=O) groups excluding carboxylic acids is 1. The number of benzene rings is 1. The van der Waals surface area contributed by atoms with Crippen molar-refractivity contribution < 1.29 is 13.2 Å². The van der Waals surface area contributed by atoms with Crippen molar-refractivity contribution in [1.29, 1.82) is 0 Å². The third kappa shape index (κ3) is 3.94. The molecule has 1 aliphatic rings. The highest BCUT2D eigenvalue weighted by molar-refractivity contribution is 14.1. The zero-order valence-corrected chi connectivity index (χ0v) is 12.7. The average molecular weight is 379 g/mol. The van der Waals surface area contributed by atoms with Gasteiger partial charge in [0.15, 0.2) is 9.84 Å². The molecule has 0 radical (unpaired) electrons. The molecule has 1 N–H and O–H groups in total. The summed E-state index contributed by atoms with van der Waals surface area (Å²) in [6.07, 6.45) is 0.883. The molecule has 98 valence electrons. The van der Waals surface area contributed by atoms with Crippen LogP contribution in [0.15, 0.2) is 24.3 Å². The van der Waals surface area contributed by atoms with Crippen molar-refractivity contribution in [2.75, 3.05) is 16.8 Å². The molecule has 1 fully saturated rings. The van der Waals surface area contributed by atoms with E-state index < -0.39 is 9.84 Å². The van der Waals surface area contributed by atoms with Crippen molar-refractivity contribution in [2.45, 2.75) is 12.8 Å². The van der Waals surface area contributed by atoms with Crippen LogP contribution in [0.2, 0.25) is 0 Å². The molecule has 6 heteroatoms. The number of halogens is 1. The maximum Gasteiger partial charge on any atom is 0.224 e. The van der Waals surface area contributed by atoms with Gasteiger partial charge in [0, 0.05) is 15.7 Å². The van der Waals surface area contributed by atoms with E-state index in [2.05, 4.69) is 27.9 Å². The molecule has 0 aromatic heterocycles. The van der Waals surface area contributed by atoms with Crippen LogP contribution < -0.4 is 5.32 Å². The van der Waals surface area contributed by atoms with Crippen LogP contribution in [0.3, 0.4) is 0 Å². The van der Waals surface area contributed by atoms with Crippen LogP contribution in [0.4, 0.5) is 5.69 Å². The van der Waals surface area contributed by atoms with E-state index in [1.165, 1.54) is 0 Å². The maximum atomic E-state index is 11.8. The Labute approximate surface area is 120 Å². The maximum absolute atomic E-state index is 11.8. The summed E-state index contributed by atoms with van der Waals surface area (Å²) >= 11 is 2.19. The molecule has 4 nitrogen and oxygen atoms in total. The molecular weight excluding hydrogens is 365 g/mol. The molecule has 1 amide bonds. The highest BCUT2D eigenvalue weighted by Crippen LogP contribution is 2.22. The molecule has 1 aliphatic heterocycles. The van der Waals surface area contributed by atoms with Crippen molar-refractivity contribution in [3.05, 3.63) is 27.8 Å². The van der Waals surface area contributed by atoms with E-state index in [1.54, 1.807) is 0 Å². The van der Waals surface area contributed by atoms with Crippen LogP contribution in [-0.4, -0.2) is 25.8 Å².